The molecule has 0 radical (unpaired) electrons. The predicted molar refractivity (Wildman–Crippen MR) is 104 cm³/mol. The Morgan fingerprint density at radius 1 is 1.00 bits per heavy atom. The third-order valence-electron chi connectivity index (χ3n) is 3.65. The molecule has 0 heterocycles. The Hall–Kier alpha value is -4.41. The summed E-state index contributed by atoms with van der Waals surface area (Å²) in [5, 5.41) is 19.9. The van der Waals surface area contributed by atoms with Crippen LogP contribution in [0.2, 0.25) is 0 Å². The van der Waals surface area contributed by atoms with Crippen molar-refractivity contribution in [1.82, 2.24) is 5.32 Å². The van der Waals surface area contributed by atoms with Crippen molar-refractivity contribution < 1.29 is 34.1 Å². The van der Waals surface area contributed by atoms with Crippen LogP contribution >= 0.6 is 0 Å². The molecule has 2 aromatic carbocycles. The highest BCUT2D eigenvalue weighted by atomic mass is 16.5. The first kappa shape index (κ1) is 21.9. The molecule has 0 fully saturated rings. The van der Waals surface area contributed by atoms with Crippen LogP contribution in [0.5, 0.6) is 5.75 Å². The lowest BCUT2D eigenvalue weighted by molar-refractivity contribution is -0.145. The molecule has 0 aromatic heterocycles. The van der Waals surface area contributed by atoms with Gasteiger partial charge in [-0.3, -0.25) is 9.59 Å². The fraction of sp³-hybridized carbons (Fsp3) is 0.105. The molecule has 0 aliphatic carbocycles. The molecule has 0 aliphatic rings. The summed E-state index contributed by atoms with van der Waals surface area (Å²) < 4.78 is 5.21. The van der Waals surface area contributed by atoms with Crippen molar-refractivity contribution in [3.05, 3.63) is 59.7 Å². The van der Waals surface area contributed by atoms with Crippen LogP contribution in [0.15, 0.2) is 53.5 Å². The number of rotatable bonds is 8. The molecule has 0 saturated heterocycles. The summed E-state index contributed by atoms with van der Waals surface area (Å²) in [6, 6.07) is 9.74. The summed E-state index contributed by atoms with van der Waals surface area (Å²) in [6.45, 7) is 0. The van der Waals surface area contributed by atoms with E-state index in [9.17, 15) is 19.2 Å². The number of guanidine groups is 1. The zero-order chi connectivity index (χ0) is 22.3. The highest BCUT2D eigenvalue weighted by molar-refractivity contribution is 5.98. The van der Waals surface area contributed by atoms with Crippen LogP contribution in [-0.4, -0.2) is 46.0 Å². The Morgan fingerprint density at radius 2 is 1.67 bits per heavy atom. The molecule has 11 nitrogen and oxygen atoms in total. The number of carboxylic acid groups (broad SMARTS) is 2. The summed E-state index contributed by atoms with van der Waals surface area (Å²) >= 11 is 0. The number of carbonyl (C=O) groups is 4. The lowest BCUT2D eigenvalue weighted by atomic mass is 10.1. The average Bonchev–Trinajstić information content (AvgIpc) is 2.67. The molecule has 30 heavy (non-hydrogen) atoms. The van der Waals surface area contributed by atoms with E-state index in [1.54, 1.807) is 0 Å². The Labute approximate surface area is 170 Å². The number of nitrogens with zero attached hydrogens (tertiary/aromatic N) is 1. The van der Waals surface area contributed by atoms with E-state index >= 15 is 0 Å². The lowest BCUT2D eigenvalue weighted by Gasteiger charge is -2.13. The van der Waals surface area contributed by atoms with E-state index in [4.69, 9.17) is 26.4 Å². The van der Waals surface area contributed by atoms with Gasteiger partial charge in [0, 0.05) is 5.56 Å². The normalized spacial score (nSPS) is 11.1. The van der Waals surface area contributed by atoms with Gasteiger partial charge in [0.25, 0.3) is 5.91 Å². The molecule has 11 heteroatoms. The van der Waals surface area contributed by atoms with E-state index < -0.39 is 36.3 Å². The van der Waals surface area contributed by atoms with Gasteiger partial charge in [-0.15, -0.1) is 0 Å². The zero-order valence-electron chi connectivity index (χ0n) is 15.4. The highest BCUT2D eigenvalue weighted by Gasteiger charge is 2.23. The Kier molecular flexibility index (Phi) is 7.06. The van der Waals surface area contributed by atoms with Crippen molar-refractivity contribution in [3.63, 3.8) is 0 Å². The Morgan fingerprint density at radius 3 is 2.23 bits per heavy atom. The van der Waals surface area contributed by atoms with Crippen LogP contribution in [0.4, 0.5) is 5.69 Å². The van der Waals surface area contributed by atoms with Gasteiger partial charge in [0.1, 0.15) is 11.8 Å². The molecule has 2 aromatic rings. The summed E-state index contributed by atoms with van der Waals surface area (Å²) in [5.74, 6) is -4.50. The van der Waals surface area contributed by atoms with Gasteiger partial charge in [0.2, 0.25) is 0 Å². The van der Waals surface area contributed by atoms with Crippen LogP contribution in [0, 0.1) is 0 Å². The van der Waals surface area contributed by atoms with E-state index in [1.165, 1.54) is 48.5 Å². The van der Waals surface area contributed by atoms with Crippen LogP contribution < -0.4 is 21.5 Å². The SMILES string of the molecule is NC(N)=Nc1ccc(C(=O)Oc2cccc(C(=O)NC(CC(=O)O)C(=O)O)c2)cc1. The number of carboxylic acids is 2. The molecule has 0 aliphatic heterocycles. The standard InChI is InChI=1S/C19H18N4O7/c20-19(21)22-12-6-4-10(5-7-12)18(29)30-13-3-1-2-11(8-13)16(26)23-14(17(27)28)9-15(24)25/h1-8,14H,9H2,(H,23,26)(H,24,25)(H,27,28)(H4,20,21,22). The summed E-state index contributed by atoms with van der Waals surface area (Å²) in [6.07, 6.45) is -0.786. The maximum absolute atomic E-state index is 12.3. The van der Waals surface area contributed by atoms with E-state index in [1.807, 2.05) is 0 Å². The van der Waals surface area contributed by atoms with Crippen LogP contribution in [0.3, 0.4) is 0 Å². The molecule has 1 atom stereocenters. The molecular weight excluding hydrogens is 396 g/mol. The Balaban J connectivity index is 2.10. The maximum Gasteiger partial charge on any atom is 0.343 e. The fourth-order valence-electron chi connectivity index (χ4n) is 2.30. The number of nitrogens with one attached hydrogen (secondary N) is 1. The van der Waals surface area contributed by atoms with Crippen molar-refractivity contribution in [1.29, 1.82) is 0 Å². The minimum absolute atomic E-state index is 0.0138. The van der Waals surface area contributed by atoms with Crippen molar-refractivity contribution >= 4 is 35.5 Å². The molecule has 0 spiro atoms. The van der Waals surface area contributed by atoms with Crippen molar-refractivity contribution in [2.24, 2.45) is 16.5 Å². The minimum atomic E-state index is -1.61. The molecule has 0 saturated carbocycles. The van der Waals surface area contributed by atoms with E-state index in [0.29, 0.717) is 5.69 Å². The van der Waals surface area contributed by atoms with Gasteiger partial charge in [-0.05, 0) is 42.5 Å². The van der Waals surface area contributed by atoms with Crippen molar-refractivity contribution in [2.75, 3.05) is 0 Å². The summed E-state index contributed by atoms with van der Waals surface area (Å²) in [7, 11) is 0. The first-order valence-electron chi connectivity index (χ1n) is 8.43. The number of nitrogens with two attached hydrogens (primary N) is 2. The second kappa shape index (κ2) is 9.68. The fourth-order valence-corrected chi connectivity index (χ4v) is 2.30. The summed E-state index contributed by atoms with van der Waals surface area (Å²) in [5.41, 5.74) is 11.2. The molecule has 7 N–H and O–H groups in total. The number of amides is 1. The first-order valence-corrected chi connectivity index (χ1v) is 8.43. The quantitative estimate of drug-likeness (QED) is 0.176. The third kappa shape index (κ3) is 6.34. The van der Waals surface area contributed by atoms with Gasteiger partial charge in [-0.1, -0.05) is 6.07 Å². The first-order chi connectivity index (χ1) is 14.2. The number of hydrogen-bond acceptors (Lipinski definition) is 6. The number of aliphatic imine (C=N–C) groups is 1. The Bertz CT molecular complexity index is 998. The van der Waals surface area contributed by atoms with E-state index in [0.717, 1.165) is 0 Å². The van der Waals surface area contributed by atoms with Crippen LogP contribution in [-0.2, 0) is 9.59 Å². The minimum Gasteiger partial charge on any atom is -0.481 e. The van der Waals surface area contributed by atoms with Crippen molar-refractivity contribution in [2.45, 2.75) is 12.5 Å². The smallest absolute Gasteiger partial charge is 0.343 e. The number of esters is 1. The number of aliphatic carboxylic acids is 2. The van der Waals surface area contributed by atoms with E-state index in [2.05, 4.69) is 10.3 Å². The number of benzene rings is 2. The lowest BCUT2D eigenvalue weighted by Crippen LogP contribution is -2.42. The molecule has 1 unspecified atom stereocenters. The maximum atomic E-state index is 12.3. The van der Waals surface area contributed by atoms with Crippen molar-refractivity contribution in [3.8, 4) is 5.75 Å². The number of carbonyl (C=O) groups excluding carboxylic acids is 2. The molecular formula is C19H18N4O7. The van der Waals surface area contributed by atoms with E-state index in [-0.39, 0.29) is 22.8 Å². The highest BCUT2D eigenvalue weighted by Crippen LogP contribution is 2.18. The summed E-state index contributed by atoms with van der Waals surface area (Å²) in [4.78, 5) is 50.1. The van der Waals surface area contributed by atoms with Gasteiger partial charge in [-0.25, -0.2) is 14.6 Å². The monoisotopic (exact) mass is 414 g/mol. The number of ether oxygens (including phenoxy) is 1. The molecule has 0 bridgehead atoms. The predicted octanol–water partition coefficient (Wildman–Crippen LogP) is 0.468. The third-order valence-corrected chi connectivity index (χ3v) is 3.65. The van der Waals surface area contributed by atoms with Gasteiger partial charge in [0.05, 0.1) is 17.7 Å². The molecule has 2 rings (SSSR count). The van der Waals surface area contributed by atoms with Crippen LogP contribution in [0.1, 0.15) is 27.1 Å². The van der Waals surface area contributed by atoms with Gasteiger partial charge >= 0.3 is 17.9 Å². The largest absolute Gasteiger partial charge is 0.481 e. The second-order valence-electron chi connectivity index (χ2n) is 5.96. The molecule has 156 valence electrons. The van der Waals surface area contributed by atoms with Crippen LogP contribution in [0.25, 0.3) is 0 Å². The number of hydrogen-bond donors (Lipinski definition) is 5. The second-order valence-corrected chi connectivity index (χ2v) is 5.96. The average molecular weight is 414 g/mol. The topological polar surface area (TPSA) is 194 Å². The van der Waals surface area contributed by atoms with Gasteiger partial charge in [0.15, 0.2) is 5.96 Å². The van der Waals surface area contributed by atoms with Gasteiger partial charge < -0.3 is 31.7 Å². The van der Waals surface area contributed by atoms with Gasteiger partial charge in [-0.2, -0.15) is 0 Å². The molecule has 1 amide bonds. The zero-order valence-corrected chi connectivity index (χ0v) is 15.4.